The number of aromatic carboxylic acids is 1. The molecule has 2 aromatic rings. The van der Waals surface area contributed by atoms with Gasteiger partial charge >= 0.3 is 11.9 Å². The van der Waals surface area contributed by atoms with Crippen molar-refractivity contribution in [3.05, 3.63) is 58.4 Å². The SMILES string of the molecule is COC(=O)c1cc(-c2ccc(C(=O)O)cc2F)ccc1Cl. The average Bonchev–Trinajstić information content (AvgIpc) is 2.47. The summed E-state index contributed by atoms with van der Waals surface area (Å²) in [6.07, 6.45) is 0. The van der Waals surface area contributed by atoms with Crippen LogP contribution in [0, 0.1) is 5.82 Å². The number of hydrogen-bond acceptors (Lipinski definition) is 3. The average molecular weight is 309 g/mol. The molecule has 1 N–H and O–H groups in total. The summed E-state index contributed by atoms with van der Waals surface area (Å²) in [5.74, 6) is -2.55. The monoisotopic (exact) mass is 308 g/mol. The van der Waals surface area contributed by atoms with Gasteiger partial charge in [0.2, 0.25) is 0 Å². The van der Waals surface area contributed by atoms with Crippen LogP contribution in [-0.4, -0.2) is 24.2 Å². The molecule has 0 amide bonds. The van der Waals surface area contributed by atoms with E-state index < -0.39 is 17.8 Å². The molecule has 0 bridgehead atoms. The highest BCUT2D eigenvalue weighted by molar-refractivity contribution is 6.33. The molecule has 0 fully saturated rings. The first kappa shape index (κ1) is 15.0. The lowest BCUT2D eigenvalue weighted by Gasteiger charge is -2.08. The zero-order chi connectivity index (χ0) is 15.6. The molecule has 0 saturated carbocycles. The van der Waals surface area contributed by atoms with E-state index in [9.17, 15) is 14.0 Å². The first-order chi connectivity index (χ1) is 9.93. The molecule has 4 nitrogen and oxygen atoms in total. The number of halogens is 2. The van der Waals surface area contributed by atoms with E-state index in [0.717, 1.165) is 6.07 Å². The highest BCUT2D eigenvalue weighted by Gasteiger charge is 2.15. The fraction of sp³-hybridized carbons (Fsp3) is 0.0667. The number of carboxylic acid groups (broad SMARTS) is 1. The molecule has 2 aromatic carbocycles. The summed E-state index contributed by atoms with van der Waals surface area (Å²) in [5.41, 5.74) is 0.521. The van der Waals surface area contributed by atoms with Crippen molar-refractivity contribution in [3.63, 3.8) is 0 Å². The zero-order valence-electron chi connectivity index (χ0n) is 10.9. The van der Waals surface area contributed by atoms with Gasteiger partial charge in [-0.2, -0.15) is 0 Å². The maximum absolute atomic E-state index is 14.0. The van der Waals surface area contributed by atoms with Crippen molar-refractivity contribution < 1.29 is 23.8 Å². The Hall–Kier alpha value is -2.40. The van der Waals surface area contributed by atoms with Crippen molar-refractivity contribution in [2.75, 3.05) is 7.11 Å². The summed E-state index contributed by atoms with van der Waals surface area (Å²) in [7, 11) is 1.22. The van der Waals surface area contributed by atoms with Crippen LogP contribution in [0.15, 0.2) is 36.4 Å². The molecule has 0 unspecified atom stereocenters. The van der Waals surface area contributed by atoms with Gasteiger partial charge in [-0.05, 0) is 29.8 Å². The molecule has 0 radical (unpaired) electrons. The summed E-state index contributed by atoms with van der Waals surface area (Å²) in [6.45, 7) is 0. The predicted molar refractivity (Wildman–Crippen MR) is 75.1 cm³/mol. The van der Waals surface area contributed by atoms with E-state index in [1.165, 1.54) is 37.4 Å². The molecule has 0 atom stereocenters. The van der Waals surface area contributed by atoms with Crippen molar-refractivity contribution in [2.24, 2.45) is 0 Å². The van der Waals surface area contributed by atoms with Gasteiger partial charge in [0.25, 0.3) is 0 Å². The fourth-order valence-corrected chi connectivity index (χ4v) is 2.04. The lowest BCUT2D eigenvalue weighted by molar-refractivity contribution is 0.0600. The quantitative estimate of drug-likeness (QED) is 0.879. The maximum atomic E-state index is 14.0. The molecule has 0 saturated heterocycles. The number of benzene rings is 2. The van der Waals surface area contributed by atoms with Crippen LogP contribution in [0.1, 0.15) is 20.7 Å². The molecule has 0 spiro atoms. The highest BCUT2D eigenvalue weighted by Crippen LogP contribution is 2.28. The molecule has 0 aliphatic heterocycles. The predicted octanol–water partition coefficient (Wildman–Crippen LogP) is 3.63. The standard InChI is InChI=1S/C15H10ClFO4/c1-21-15(20)11-6-8(3-5-12(11)16)10-4-2-9(14(18)19)7-13(10)17/h2-7H,1H3,(H,18,19). The van der Waals surface area contributed by atoms with E-state index in [0.29, 0.717) is 5.56 Å². The third-order valence-electron chi connectivity index (χ3n) is 2.90. The van der Waals surface area contributed by atoms with Crippen molar-refractivity contribution >= 4 is 23.5 Å². The van der Waals surface area contributed by atoms with Gasteiger partial charge in [0.05, 0.1) is 23.3 Å². The van der Waals surface area contributed by atoms with E-state index in [1.54, 1.807) is 0 Å². The van der Waals surface area contributed by atoms with Gasteiger partial charge in [0.15, 0.2) is 0 Å². The molecule has 2 rings (SSSR count). The summed E-state index contributed by atoms with van der Waals surface area (Å²) in [5, 5.41) is 9.00. The second-order valence-corrected chi connectivity index (χ2v) is 4.59. The Morgan fingerprint density at radius 1 is 1.19 bits per heavy atom. The van der Waals surface area contributed by atoms with Gasteiger partial charge in [0, 0.05) is 5.56 Å². The van der Waals surface area contributed by atoms with E-state index >= 15 is 0 Å². The third kappa shape index (κ3) is 3.03. The van der Waals surface area contributed by atoms with Crippen molar-refractivity contribution in [1.82, 2.24) is 0 Å². The van der Waals surface area contributed by atoms with Gasteiger partial charge in [-0.3, -0.25) is 0 Å². The molecule has 21 heavy (non-hydrogen) atoms. The van der Waals surface area contributed by atoms with Gasteiger partial charge < -0.3 is 9.84 Å². The minimum Gasteiger partial charge on any atom is -0.478 e. The molecular formula is C15H10ClFO4. The Morgan fingerprint density at radius 3 is 2.48 bits per heavy atom. The van der Waals surface area contributed by atoms with Crippen molar-refractivity contribution in [2.45, 2.75) is 0 Å². The second-order valence-electron chi connectivity index (χ2n) is 4.19. The summed E-state index contributed by atoms with van der Waals surface area (Å²) in [6, 6.07) is 7.93. The van der Waals surface area contributed by atoms with Crippen LogP contribution in [0.4, 0.5) is 4.39 Å². The van der Waals surface area contributed by atoms with Crippen LogP contribution < -0.4 is 0 Å². The summed E-state index contributed by atoms with van der Waals surface area (Å²) >= 11 is 5.89. The third-order valence-corrected chi connectivity index (χ3v) is 3.23. The minimum absolute atomic E-state index is 0.110. The highest BCUT2D eigenvalue weighted by atomic mass is 35.5. The smallest absolute Gasteiger partial charge is 0.339 e. The van der Waals surface area contributed by atoms with E-state index in [1.807, 2.05) is 0 Å². The van der Waals surface area contributed by atoms with Crippen LogP contribution in [0.2, 0.25) is 5.02 Å². The number of esters is 1. The normalized spacial score (nSPS) is 10.2. The van der Waals surface area contributed by atoms with Crippen LogP contribution in [-0.2, 0) is 4.74 Å². The van der Waals surface area contributed by atoms with E-state index in [2.05, 4.69) is 4.74 Å². The number of carboxylic acids is 1. The Bertz CT molecular complexity index is 728. The topological polar surface area (TPSA) is 63.6 Å². The molecule has 0 aromatic heterocycles. The summed E-state index contributed by atoms with van der Waals surface area (Å²) in [4.78, 5) is 22.4. The van der Waals surface area contributed by atoms with Gasteiger partial charge in [0.1, 0.15) is 5.82 Å². The number of methoxy groups -OCH3 is 1. The Balaban J connectivity index is 2.52. The van der Waals surface area contributed by atoms with Crippen LogP contribution in [0.25, 0.3) is 11.1 Å². The second kappa shape index (κ2) is 5.93. The molecule has 108 valence electrons. The van der Waals surface area contributed by atoms with Crippen LogP contribution in [0.3, 0.4) is 0 Å². The molecule has 0 aliphatic carbocycles. The largest absolute Gasteiger partial charge is 0.478 e. The van der Waals surface area contributed by atoms with Crippen molar-refractivity contribution in [1.29, 1.82) is 0 Å². The van der Waals surface area contributed by atoms with Gasteiger partial charge in [-0.25, -0.2) is 14.0 Å². The molecule has 0 aliphatic rings. The zero-order valence-corrected chi connectivity index (χ0v) is 11.6. The number of carbonyl (C=O) groups excluding carboxylic acids is 1. The minimum atomic E-state index is -1.22. The Kier molecular flexibility index (Phi) is 4.23. The number of carbonyl (C=O) groups is 2. The Morgan fingerprint density at radius 2 is 1.90 bits per heavy atom. The fourth-order valence-electron chi connectivity index (χ4n) is 1.84. The van der Waals surface area contributed by atoms with Crippen molar-refractivity contribution in [3.8, 4) is 11.1 Å². The van der Waals surface area contributed by atoms with E-state index in [4.69, 9.17) is 16.7 Å². The lowest BCUT2D eigenvalue weighted by Crippen LogP contribution is -2.03. The van der Waals surface area contributed by atoms with E-state index in [-0.39, 0.29) is 21.7 Å². The molecular weight excluding hydrogens is 299 g/mol. The number of ether oxygens (including phenoxy) is 1. The van der Waals surface area contributed by atoms with Crippen LogP contribution >= 0.6 is 11.6 Å². The number of rotatable bonds is 3. The maximum Gasteiger partial charge on any atom is 0.339 e. The van der Waals surface area contributed by atoms with Gasteiger partial charge in [-0.1, -0.05) is 23.7 Å². The van der Waals surface area contributed by atoms with Crippen LogP contribution in [0.5, 0.6) is 0 Å². The lowest BCUT2D eigenvalue weighted by atomic mass is 10.0. The molecule has 6 heteroatoms. The number of hydrogen-bond donors (Lipinski definition) is 1. The first-order valence-corrected chi connectivity index (χ1v) is 6.23. The first-order valence-electron chi connectivity index (χ1n) is 5.85. The summed E-state index contributed by atoms with van der Waals surface area (Å²) < 4.78 is 18.6. The Labute approximate surface area is 124 Å². The van der Waals surface area contributed by atoms with Gasteiger partial charge in [-0.15, -0.1) is 0 Å². The molecule has 0 heterocycles.